The molecule has 0 spiro atoms. The summed E-state index contributed by atoms with van der Waals surface area (Å²) in [6, 6.07) is 0. The molecule has 1 aromatic rings. The molecule has 0 aliphatic carbocycles. The predicted molar refractivity (Wildman–Crippen MR) is 70.2 cm³/mol. The zero-order valence-electron chi connectivity index (χ0n) is 11.1. The van der Waals surface area contributed by atoms with E-state index in [4.69, 9.17) is 9.47 Å². The number of likely N-dealkylation sites (N-methyl/N-ethyl adjacent to an activating group) is 1. The standard InChI is InChI=1S/C12H22N2O2S/c1-5-15-12(16-6-2)8-14(4)7-11-10(3)13-9-17-11/h9,12H,5-8H2,1-4H3. The number of hydrogen-bond acceptors (Lipinski definition) is 5. The number of hydrogen-bond donors (Lipinski definition) is 0. The first-order valence-electron chi connectivity index (χ1n) is 5.98. The quantitative estimate of drug-likeness (QED) is 0.670. The van der Waals surface area contributed by atoms with Crippen molar-refractivity contribution in [2.24, 2.45) is 0 Å². The Labute approximate surface area is 108 Å². The van der Waals surface area contributed by atoms with Crippen molar-refractivity contribution in [3.05, 3.63) is 16.1 Å². The summed E-state index contributed by atoms with van der Waals surface area (Å²) in [6.45, 7) is 9.04. The molecule has 5 heteroatoms. The zero-order valence-corrected chi connectivity index (χ0v) is 11.9. The summed E-state index contributed by atoms with van der Waals surface area (Å²) in [6.07, 6.45) is -0.136. The number of aromatic nitrogens is 1. The van der Waals surface area contributed by atoms with Crippen LogP contribution in [0, 0.1) is 6.92 Å². The van der Waals surface area contributed by atoms with Crippen molar-refractivity contribution in [2.75, 3.05) is 26.8 Å². The van der Waals surface area contributed by atoms with E-state index >= 15 is 0 Å². The summed E-state index contributed by atoms with van der Waals surface area (Å²) >= 11 is 1.70. The molecule has 0 saturated heterocycles. The lowest BCUT2D eigenvalue weighted by Crippen LogP contribution is -2.32. The van der Waals surface area contributed by atoms with Crippen LogP contribution in [0.1, 0.15) is 24.4 Å². The highest BCUT2D eigenvalue weighted by Gasteiger charge is 2.13. The molecule has 0 N–H and O–H groups in total. The molecule has 0 bridgehead atoms. The first kappa shape index (κ1) is 14.6. The number of nitrogens with zero attached hydrogens (tertiary/aromatic N) is 2. The third-order valence-electron chi connectivity index (χ3n) is 2.42. The van der Waals surface area contributed by atoms with Gasteiger partial charge in [-0.25, -0.2) is 4.98 Å². The van der Waals surface area contributed by atoms with Gasteiger partial charge in [-0.1, -0.05) is 0 Å². The molecule has 0 fully saturated rings. The number of aryl methyl sites for hydroxylation is 1. The molecule has 0 aromatic carbocycles. The van der Waals surface area contributed by atoms with E-state index in [0.29, 0.717) is 13.2 Å². The molecule has 1 rings (SSSR count). The van der Waals surface area contributed by atoms with Gasteiger partial charge in [0.1, 0.15) is 0 Å². The third-order valence-corrected chi connectivity index (χ3v) is 3.34. The Morgan fingerprint density at radius 3 is 2.47 bits per heavy atom. The Balaban J connectivity index is 2.41. The summed E-state index contributed by atoms with van der Waals surface area (Å²) < 4.78 is 11.1. The summed E-state index contributed by atoms with van der Waals surface area (Å²) in [5.74, 6) is 0. The van der Waals surface area contributed by atoms with Crippen LogP contribution < -0.4 is 0 Å². The number of thiazole rings is 1. The lowest BCUT2D eigenvalue weighted by Gasteiger charge is -2.23. The summed E-state index contributed by atoms with van der Waals surface area (Å²) in [7, 11) is 2.07. The van der Waals surface area contributed by atoms with E-state index in [1.54, 1.807) is 11.3 Å². The van der Waals surface area contributed by atoms with Crippen molar-refractivity contribution in [3.8, 4) is 0 Å². The van der Waals surface area contributed by atoms with Gasteiger partial charge in [-0.15, -0.1) is 11.3 Å². The number of rotatable bonds is 8. The van der Waals surface area contributed by atoms with Gasteiger partial charge in [0.25, 0.3) is 0 Å². The Hall–Kier alpha value is -0.490. The van der Waals surface area contributed by atoms with Gasteiger partial charge < -0.3 is 9.47 Å². The van der Waals surface area contributed by atoms with Crippen molar-refractivity contribution in [1.82, 2.24) is 9.88 Å². The molecule has 0 aliphatic rings. The second-order valence-corrected chi connectivity index (χ2v) is 4.84. The van der Waals surface area contributed by atoms with Crippen LogP contribution in [0.25, 0.3) is 0 Å². The molecule has 0 radical (unpaired) electrons. The molecule has 0 saturated carbocycles. The molecule has 1 heterocycles. The topological polar surface area (TPSA) is 34.6 Å². The van der Waals surface area contributed by atoms with E-state index in [0.717, 1.165) is 18.8 Å². The zero-order chi connectivity index (χ0) is 12.7. The highest BCUT2D eigenvalue weighted by molar-refractivity contribution is 7.09. The average molecular weight is 258 g/mol. The summed E-state index contributed by atoms with van der Waals surface area (Å²) in [5.41, 5.74) is 3.01. The van der Waals surface area contributed by atoms with E-state index in [-0.39, 0.29) is 6.29 Å². The lowest BCUT2D eigenvalue weighted by molar-refractivity contribution is -0.145. The molecular weight excluding hydrogens is 236 g/mol. The van der Waals surface area contributed by atoms with Crippen LogP contribution in [0.3, 0.4) is 0 Å². The second kappa shape index (κ2) is 7.76. The molecule has 0 unspecified atom stereocenters. The molecule has 4 nitrogen and oxygen atoms in total. The minimum absolute atomic E-state index is 0.136. The molecular formula is C12H22N2O2S. The fourth-order valence-corrected chi connectivity index (χ4v) is 2.42. The molecule has 0 atom stereocenters. The van der Waals surface area contributed by atoms with E-state index < -0.39 is 0 Å². The first-order valence-corrected chi connectivity index (χ1v) is 6.86. The fourth-order valence-electron chi connectivity index (χ4n) is 1.57. The van der Waals surface area contributed by atoms with Crippen LogP contribution in [-0.2, 0) is 16.0 Å². The van der Waals surface area contributed by atoms with Crippen LogP contribution >= 0.6 is 11.3 Å². The van der Waals surface area contributed by atoms with Gasteiger partial charge in [-0.2, -0.15) is 0 Å². The smallest absolute Gasteiger partial charge is 0.170 e. The molecule has 0 amide bonds. The Morgan fingerprint density at radius 2 is 2.00 bits per heavy atom. The van der Waals surface area contributed by atoms with E-state index in [1.165, 1.54) is 4.88 Å². The maximum absolute atomic E-state index is 5.53. The Bertz CT molecular complexity index is 311. The van der Waals surface area contributed by atoms with Gasteiger partial charge in [-0.05, 0) is 27.8 Å². The van der Waals surface area contributed by atoms with Crippen molar-refractivity contribution < 1.29 is 9.47 Å². The average Bonchev–Trinajstić information content (AvgIpc) is 2.65. The van der Waals surface area contributed by atoms with Crippen LogP contribution in [0.15, 0.2) is 5.51 Å². The van der Waals surface area contributed by atoms with Crippen molar-refractivity contribution in [3.63, 3.8) is 0 Å². The van der Waals surface area contributed by atoms with Crippen LogP contribution in [0.2, 0.25) is 0 Å². The lowest BCUT2D eigenvalue weighted by atomic mass is 10.3. The van der Waals surface area contributed by atoms with Gasteiger partial charge in [-0.3, -0.25) is 4.90 Å². The van der Waals surface area contributed by atoms with Gasteiger partial charge in [0, 0.05) is 31.2 Å². The maximum atomic E-state index is 5.53. The minimum Gasteiger partial charge on any atom is -0.352 e. The first-order chi connectivity index (χ1) is 8.17. The minimum atomic E-state index is -0.136. The molecule has 1 aromatic heterocycles. The number of ether oxygens (including phenoxy) is 2. The Kier molecular flexibility index (Phi) is 6.65. The summed E-state index contributed by atoms with van der Waals surface area (Å²) in [5, 5.41) is 0. The predicted octanol–water partition coefficient (Wildman–Crippen LogP) is 2.28. The van der Waals surface area contributed by atoms with Crippen molar-refractivity contribution in [1.29, 1.82) is 0 Å². The molecule has 98 valence electrons. The highest BCUT2D eigenvalue weighted by Crippen LogP contribution is 2.14. The van der Waals surface area contributed by atoms with Gasteiger partial charge in [0.2, 0.25) is 0 Å². The van der Waals surface area contributed by atoms with Crippen molar-refractivity contribution in [2.45, 2.75) is 33.6 Å². The van der Waals surface area contributed by atoms with E-state index in [1.807, 2.05) is 26.3 Å². The van der Waals surface area contributed by atoms with Gasteiger partial charge in [0.05, 0.1) is 11.2 Å². The van der Waals surface area contributed by atoms with Crippen LogP contribution in [0.5, 0.6) is 0 Å². The Morgan fingerprint density at radius 1 is 1.35 bits per heavy atom. The van der Waals surface area contributed by atoms with Crippen molar-refractivity contribution >= 4 is 11.3 Å². The summed E-state index contributed by atoms with van der Waals surface area (Å²) in [4.78, 5) is 7.76. The second-order valence-electron chi connectivity index (χ2n) is 3.90. The SMILES string of the molecule is CCOC(CN(C)Cc1scnc1C)OCC. The van der Waals surface area contributed by atoms with E-state index in [9.17, 15) is 0 Å². The maximum Gasteiger partial charge on any atom is 0.170 e. The van der Waals surface area contributed by atoms with Gasteiger partial charge in [0.15, 0.2) is 6.29 Å². The van der Waals surface area contributed by atoms with Gasteiger partial charge >= 0.3 is 0 Å². The molecule has 17 heavy (non-hydrogen) atoms. The molecule has 0 aliphatic heterocycles. The third kappa shape index (κ3) is 5.12. The van der Waals surface area contributed by atoms with Crippen LogP contribution in [0.4, 0.5) is 0 Å². The van der Waals surface area contributed by atoms with E-state index in [2.05, 4.69) is 16.9 Å². The van der Waals surface area contributed by atoms with Crippen LogP contribution in [-0.4, -0.2) is 43.0 Å². The normalized spacial score (nSPS) is 11.6. The monoisotopic (exact) mass is 258 g/mol. The fraction of sp³-hybridized carbons (Fsp3) is 0.750. The largest absolute Gasteiger partial charge is 0.352 e. The highest BCUT2D eigenvalue weighted by atomic mass is 32.1.